The Balaban J connectivity index is 2.99. The Morgan fingerprint density at radius 1 is 1.19 bits per heavy atom. The molecule has 16 heavy (non-hydrogen) atoms. The van der Waals surface area contributed by atoms with Crippen LogP contribution in [0.25, 0.3) is 0 Å². The lowest BCUT2D eigenvalue weighted by Gasteiger charge is -2.21. The highest BCUT2D eigenvalue weighted by Crippen LogP contribution is 2.26. The van der Waals surface area contributed by atoms with Crippen molar-refractivity contribution >= 4 is 0 Å². The predicted octanol–water partition coefficient (Wildman–Crippen LogP) is 2.64. The molecule has 0 radical (unpaired) electrons. The minimum atomic E-state index is 0.266. The third kappa shape index (κ3) is 3.06. The van der Waals surface area contributed by atoms with Gasteiger partial charge in [0.2, 0.25) is 0 Å². The number of nitrogens with one attached hydrogen (secondary N) is 1. The second-order valence-electron chi connectivity index (χ2n) is 4.52. The average Bonchev–Trinajstić information content (AvgIpc) is 2.21. The molecule has 0 bridgehead atoms. The Kier molecular flexibility index (Phi) is 4.97. The summed E-state index contributed by atoms with van der Waals surface area (Å²) in [5.41, 5.74) is 5.39. The molecule has 2 nitrogen and oxygen atoms in total. The monoisotopic (exact) mass is 221 g/mol. The van der Waals surface area contributed by atoms with Crippen LogP contribution < -0.4 is 5.32 Å². The molecule has 2 heteroatoms. The van der Waals surface area contributed by atoms with Gasteiger partial charge in [0.25, 0.3) is 0 Å². The van der Waals surface area contributed by atoms with E-state index in [-0.39, 0.29) is 6.61 Å². The lowest BCUT2D eigenvalue weighted by Crippen LogP contribution is -2.19. The first-order chi connectivity index (χ1) is 7.60. The summed E-state index contributed by atoms with van der Waals surface area (Å²) in [7, 11) is 1.99. The van der Waals surface area contributed by atoms with Crippen molar-refractivity contribution in [2.75, 3.05) is 13.7 Å². The molecule has 1 rings (SSSR count). The third-order valence-electron chi connectivity index (χ3n) is 3.09. The number of aryl methyl sites for hydroxylation is 3. The summed E-state index contributed by atoms with van der Waals surface area (Å²) < 4.78 is 0. The molecule has 0 fully saturated rings. The zero-order valence-corrected chi connectivity index (χ0v) is 10.8. The molecule has 2 N–H and O–H groups in total. The van der Waals surface area contributed by atoms with E-state index < -0.39 is 0 Å². The van der Waals surface area contributed by atoms with E-state index in [0.29, 0.717) is 6.04 Å². The molecule has 0 amide bonds. The molecule has 0 aliphatic carbocycles. The molecule has 90 valence electrons. The lowest BCUT2D eigenvalue weighted by atomic mass is 9.92. The fourth-order valence-electron chi connectivity index (χ4n) is 2.47. The number of aliphatic hydroxyl groups excluding tert-OH is 1. The maximum atomic E-state index is 8.91. The first-order valence-corrected chi connectivity index (χ1v) is 5.96. The summed E-state index contributed by atoms with van der Waals surface area (Å²) in [6.07, 6.45) is 1.83. The van der Waals surface area contributed by atoms with E-state index in [1.807, 2.05) is 7.05 Å². The van der Waals surface area contributed by atoms with Crippen molar-refractivity contribution < 1.29 is 5.11 Å². The van der Waals surface area contributed by atoms with E-state index >= 15 is 0 Å². The van der Waals surface area contributed by atoms with Crippen LogP contribution in [0.5, 0.6) is 0 Å². The van der Waals surface area contributed by atoms with Gasteiger partial charge in [-0.05, 0) is 57.4 Å². The first kappa shape index (κ1) is 13.2. The van der Waals surface area contributed by atoms with E-state index in [1.165, 1.54) is 22.3 Å². The number of aliphatic hydroxyl groups is 1. The molecule has 0 saturated carbocycles. The highest BCUT2D eigenvalue weighted by Gasteiger charge is 2.14. The standard InChI is InChI=1S/C14H23NO/c1-10-8-11(2)14(12(3)9-10)13(15-4)6-5-7-16/h8-9,13,15-16H,5-7H2,1-4H3. The normalized spacial score (nSPS) is 12.8. The van der Waals surface area contributed by atoms with Crippen LogP contribution in [0.15, 0.2) is 12.1 Å². The summed E-state index contributed by atoms with van der Waals surface area (Å²) in [4.78, 5) is 0. The van der Waals surface area contributed by atoms with Crippen LogP contribution in [-0.4, -0.2) is 18.8 Å². The first-order valence-electron chi connectivity index (χ1n) is 5.96. The van der Waals surface area contributed by atoms with Crippen molar-refractivity contribution in [3.05, 3.63) is 34.4 Å². The fraction of sp³-hybridized carbons (Fsp3) is 0.571. The molecule has 0 saturated heterocycles. The van der Waals surface area contributed by atoms with E-state index in [9.17, 15) is 0 Å². The van der Waals surface area contributed by atoms with Gasteiger partial charge in [-0.3, -0.25) is 0 Å². The van der Waals surface area contributed by atoms with Crippen LogP contribution in [-0.2, 0) is 0 Å². The van der Waals surface area contributed by atoms with Crippen LogP contribution in [0.2, 0.25) is 0 Å². The number of hydrogen-bond acceptors (Lipinski definition) is 2. The van der Waals surface area contributed by atoms with Crippen molar-refractivity contribution in [2.45, 2.75) is 39.7 Å². The SMILES string of the molecule is CNC(CCCO)c1c(C)cc(C)cc1C. The second-order valence-corrected chi connectivity index (χ2v) is 4.52. The van der Waals surface area contributed by atoms with Gasteiger partial charge in [0.05, 0.1) is 0 Å². The molecule has 0 aromatic heterocycles. The zero-order chi connectivity index (χ0) is 12.1. The van der Waals surface area contributed by atoms with Crippen LogP contribution in [0, 0.1) is 20.8 Å². The largest absolute Gasteiger partial charge is 0.396 e. The highest BCUT2D eigenvalue weighted by molar-refractivity contribution is 5.39. The van der Waals surface area contributed by atoms with E-state index in [1.54, 1.807) is 0 Å². The number of benzene rings is 1. The van der Waals surface area contributed by atoms with Gasteiger partial charge in [0.1, 0.15) is 0 Å². The zero-order valence-electron chi connectivity index (χ0n) is 10.8. The van der Waals surface area contributed by atoms with Crippen LogP contribution >= 0.6 is 0 Å². The molecule has 1 atom stereocenters. The van der Waals surface area contributed by atoms with E-state index in [2.05, 4.69) is 38.2 Å². The molecule has 1 unspecified atom stereocenters. The predicted molar refractivity (Wildman–Crippen MR) is 68.8 cm³/mol. The second kappa shape index (κ2) is 6.02. The minimum absolute atomic E-state index is 0.266. The van der Waals surface area contributed by atoms with Crippen LogP contribution in [0.3, 0.4) is 0 Å². The smallest absolute Gasteiger partial charge is 0.0431 e. The van der Waals surface area contributed by atoms with Gasteiger partial charge in [-0.15, -0.1) is 0 Å². The molecule has 1 aromatic rings. The minimum Gasteiger partial charge on any atom is -0.396 e. The van der Waals surface area contributed by atoms with Gasteiger partial charge in [-0.1, -0.05) is 17.7 Å². The summed E-state index contributed by atoms with van der Waals surface area (Å²) in [6, 6.07) is 4.81. The van der Waals surface area contributed by atoms with E-state index in [4.69, 9.17) is 5.11 Å². The van der Waals surface area contributed by atoms with Crippen molar-refractivity contribution in [1.29, 1.82) is 0 Å². The van der Waals surface area contributed by atoms with E-state index in [0.717, 1.165) is 12.8 Å². The van der Waals surface area contributed by atoms with Crippen molar-refractivity contribution in [2.24, 2.45) is 0 Å². The van der Waals surface area contributed by atoms with Gasteiger partial charge in [-0.2, -0.15) is 0 Å². The Morgan fingerprint density at radius 3 is 2.19 bits per heavy atom. The van der Waals surface area contributed by atoms with Crippen molar-refractivity contribution in [3.8, 4) is 0 Å². The van der Waals surface area contributed by atoms with Crippen molar-refractivity contribution in [1.82, 2.24) is 5.32 Å². The third-order valence-corrected chi connectivity index (χ3v) is 3.09. The number of hydrogen-bond donors (Lipinski definition) is 2. The Hall–Kier alpha value is -0.860. The lowest BCUT2D eigenvalue weighted by molar-refractivity contribution is 0.276. The Labute approximate surface area is 98.7 Å². The quantitative estimate of drug-likeness (QED) is 0.801. The molecular formula is C14H23NO. The van der Waals surface area contributed by atoms with Gasteiger partial charge in [0, 0.05) is 12.6 Å². The fourth-order valence-corrected chi connectivity index (χ4v) is 2.47. The maximum Gasteiger partial charge on any atom is 0.0431 e. The molecule has 1 aromatic carbocycles. The molecular weight excluding hydrogens is 198 g/mol. The van der Waals surface area contributed by atoms with Gasteiger partial charge in [-0.25, -0.2) is 0 Å². The summed E-state index contributed by atoms with van der Waals surface area (Å²) >= 11 is 0. The number of rotatable bonds is 5. The Morgan fingerprint density at radius 2 is 1.75 bits per heavy atom. The molecule has 0 aliphatic rings. The van der Waals surface area contributed by atoms with Crippen LogP contribution in [0.1, 0.15) is 41.1 Å². The van der Waals surface area contributed by atoms with Crippen molar-refractivity contribution in [3.63, 3.8) is 0 Å². The summed E-state index contributed by atoms with van der Waals surface area (Å²) in [5.74, 6) is 0. The Bertz CT molecular complexity index is 324. The molecule has 0 aliphatic heterocycles. The molecule has 0 spiro atoms. The highest BCUT2D eigenvalue weighted by atomic mass is 16.2. The van der Waals surface area contributed by atoms with Gasteiger partial charge in [0.15, 0.2) is 0 Å². The average molecular weight is 221 g/mol. The van der Waals surface area contributed by atoms with Crippen LogP contribution in [0.4, 0.5) is 0 Å². The summed E-state index contributed by atoms with van der Waals surface area (Å²) in [5, 5.41) is 12.3. The van der Waals surface area contributed by atoms with Gasteiger partial charge < -0.3 is 10.4 Å². The topological polar surface area (TPSA) is 32.3 Å². The van der Waals surface area contributed by atoms with Gasteiger partial charge >= 0.3 is 0 Å². The molecule has 0 heterocycles. The summed E-state index contributed by atoms with van der Waals surface area (Å²) in [6.45, 7) is 6.73. The maximum absolute atomic E-state index is 8.91.